The van der Waals surface area contributed by atoms with Crippen LogP contribution in [0.5, 0.6) is 0 Å². The molecule has 0 aliphatic carbocycles. The molecule has 2 aromatic carbocycles. The van der Waals surface area contributed by atoms with Crippen LogP contribution in [0.1, 0.15) is 20.8 Å². The molecule has 0 aliphatic heterocycles. The van der Waals surface area contributed by atoms with Crippen molar-refractivity contribution in [2.75, 3.05) is 22.1 Å². The van der Waals surface area contributed by atoms with Crippen LogP contribution in [0, 0.1) is 0 Å². The second-order valence-corrected chi connectivity index (χ2v) is 15.1. The number of nitrogens with one attached hydrogen (secondary N) is 2. The van der Waals surface area contributed by atoms with Crippen molar-refractivity contribution in [2.45, 2.75) is 36.6 Å². The first-order valence-electron chi connectivity index (χ1n) is 14.8. The van der Waals surface area contributed by atoms with E-state index in [1.54, 1.807) is 33.4 Å². The topological polar surface area (TPSA) is 120 Å². The molecule has 14 heteroatoms. The maximum atomic E-state index is 12.9. The Hall–Kier alpha value is -4.50. The van der Waals surface area contributed by atoms with Gasteiger partial charge in [0.1, 0.15) is 0 Å². The number of nitrogens with zero attached hydrogens (tertiary/aromatic N) is 6. The van der Waals surface area contributed by atoms with Gasteiger partial charge in [0, 0.05) is 49.9 Å². The number of benzene rings is 2. The molecule has 244 valence electrons. The molecule has 6 rings (SSSR count). The molecular weight excluding hydrogens is 681 g/mol. The first-order chi connectivity index (χ1) is 23.2. The molecule has 6 aromatic rings. The van der Waals surface area contributed by atoms with E-state index in [9.17, 15) is 9.59 Å². The predicted molar refractivity (Wildman–Crippen MR) is 199 cm³/mol. The molecule has 10 nitrogen and oxygen atoms in total. The van der Waals surface area contributed by atoms with Crippen molar-refractivity contribution in [3.63, 3.8) is 0 Å². The Morgan fingerprint density at radius 2 is 1.44 bits per heavy atom. The summed E-state index contributed by atoms with van der Waals surface area (Å²) in [7, 11) is 0. The van der Waals surface area contributed by atoms with Gasteiger partial charge in [-0.1, -0.05) is 60.4 Å². The Kier molecular flexibility index (Phi) is 10.2. The molecule has 0 spiro atoms. The monoisotopic (exact) mass is 712 g/mol. The summed E-state index contributed by atoms with van der Waals surface area (Å²) >= 11 is 5.86. The minimum atomic E-state index is -0.250. The number of para-hydroxylation sites is 1. The maximum absolute atomic E-state index is 12.9. The van der Waals surface area contributed by atoms with E-state index in [4.69, 9.17) is 0 Å². The summed E-state index contributed by atoms with van der Waals surface area (Å²) in [5, 5.41) is 30.7. The molecule has 0 saturated carbocycles. The van der Waals surface area contributed by atoms with Crippen LogP contribution in [0.4, 0.5) is 11.4 Å². The fourth-order valence-corrected chi connectivity index (χ4v) is 7.96. The fraction of sp³-hybridized carbons (Fsp3) is 0.176. The van der Waals surface area contributed by atoms with Crippen LogP contribution in [0.2, 0.25) is 0 Å². The number of hydrogen-bond acceptors (Lipinski definition) is 10. The summed E-state index contributed by atoms with van der Waals surface area (Å²) in [6.07, 6.45) is 1.65. The quantitative estimate of drug-likeness (QED) is 0.122. The lowest BCUT2D eigenvalue weighted by Crippen LogP contribution is -2.24. The lowest BCUT2D eigenvalue weighted by Gasteiger charge is -2.24. The van der Waals surface area contributed by atoms with Crippen molar-refractivity contribution in [3.05, 3.63) is 89.4 Å². The molecule has 0 radical (unpaired) electrons. The largest absolute Gasteiger partial charge is 0.325 e. The lowest BCUT2D eigenvalue weighted by molar-refractivity contribution is -0.114. The number of anilines is 2. The zero-order valence-electron chi connectivity index (χ0n) is 26.4. The van der Waals surface area contributed by atoms with Gasteiger partial charge in [0.05, 0.1) is 11.5 Å². The number of hydrogen-bond donors (Lipinski definition) is 2. The molecule has 2 amide bonds. The Morgan fingerprint density at radius 1 is 0.792 bits per heavy atom. The summed E-state index contributed by atoms with van der Waals surface area (Å²) < 4.78 is 3.87. The predicted octanol–water partition coefficient (Wildman–Crippen LogP) is 8.31. The zero-order chi connectivity index (χ0) is 33.7. The van der Waals surface area contributed by atoms with Gasteiger partial charge in [-0.15, -0.1) is 31.7 Å². The first-order valence-corrected chi connectivity index (χ1v) is 18.6. The normalized spacial score (nSPS) is 11.4. The van der Waals surface area contributed by atoms with Crippen LogP contribution in [0.25, 0.3) is 39.4 Å². The highest BCUT2D eigenvalue weighted by Gasteiger charge is 2.25. The van der Waals surface area contributed by atoms with E-state index in [0.29, 0.717) is 21.8 Å². The van der Waals surface area contributed by atoms with E-state index in [1.165, 1.54) is 23.5 Å². The average Bonchev–Trinajstić information content (AvgIpc) is 3.89. The number of carbonyl (C=O) groups excluding carboxylic acids is 2. The molecule has 4 aromatic heterocycles. The van der Waals surface area contributed by atoms with Crippen molar-refractivity contribution in [2.24, 2.45) is 0 Å². The van der Waals surface area contributed by atoms with Gasteiger partial charge in [-0.2, -0.15) is 11.3 Å². The van der Waals surface area contributed by atoms with E-state index in [-0.39, 0.29) is 28.9 Å². The van der Waals surface area contributed by atoms with Gasteiger partial charge >= 0.3 is 0 Å². The SMILES string of the molecule is C=Cn1c(SCC(=O)Nc2ccccc2)nnc1-c1csc(-c2ccc(NC(=O)CSc3nnc(-c4ccsc4)n3C(C)(C)C)cc2)c1. The number of carbonyl (C=O) groups is 2. The summed E-state index contributed by atoms with van der Waals surface area (Å²) in [4.78, 5) is 26.4. The summed E-state index contributed by atoms with van der Waals surface area (Å²) in [6.45, 7) is 10.2. The van der Waals surface area contributed by atoms with Gasteiger partial charge in [0.15, 0.2) is 22.0 Å². The van der Waals surface area contributed by atoms with E-state index in [0.717, 1.165) is 33.1 Å². The second kappa shape index (κ2) is 14.7. The number of thiophene rings is 2. The molecule has 0 fully saturated rings. The van der Waals surface area contributed by atoms with E-state index in [1.807, 2.05) is 77.5 Å². The van der Waals surface area contributed by atoms with Crippen LogP contribution >= 0.6 is 46.2 Å². The van der Waals surface area contributed by atoms with Gasteiger partial charge in [-0.05, 0) is 68.1 Å². The van der Waals surface area contributed by atoms with Crippen LogP contribution in [-0.2, 0) is 15.1 Å². The summed E-state index contributed by atoms with van der Waals surface area (Å²) in [5.41, 5.74) is 4.12. The molecule has 0 bridgehead atoms. The third-order valence-electron chi connectivity index (χ3n) is 6.96. The maximum Gasteiger partial charge on any atom is 0.234 e. The lowest BCUT2D eigenvalue weighted by atomic mass is 10.1. The molecule has 48 heavy (non-hydrogen) atoms. The number of aromatic nitrogens is 6. The van der Waals surface area contributed by atoms with Crippen LogP contribution in [-0.4, -0.2) is 52.8 Å². The van der Waals surface area contributed by atoms with Crippen molar-refractivity contribution in [1.29, 1.82) is 0 Å². The number of rotatable bonds is 12. The van der Waals surface area contributed by atoms with Crippen LogP contribution < -0.4 is 10.6 Å². The third kappa shape index (κ3) is 7.79. The van der Waals surface area contributed by atoms with Gasteiger partial charge in [-0.3, -0.25) is 18.7 Å². The van der Waals surface area contributed by atoms with Crippen LogP contribution in [0.15, 0.2) is 99.8 Å². The molecule has 0 atom stereocenters. The van der Waals surface area contributed by atoms with Crippen molar-refractivity contribution in [3.8, 4) is 33.2 Å². The van der Waals surface area contributed by atoms with Crippen molar-refractivity contribution in [1.82, 2.24) is 29.5 Å². The number of amides is 2. The van der Waals surface area contributed by atoms with E-state index >= 15 is 0 Å². The van der Waals surface area contributed by atoms with Gasteiger partial charge in [0.2, 0.25) is 11.8 Å². The second-order valence-electron chi connectivity index (χ2n) is 11.5. The van der Waals surface area contributed by atoms with E-state index < -0.39 is 0 Å². The standard InChI is InChI=1S/C34H32N8O2S4/c1-5-41-30(37-39-32(41)47-20-28(43)35-25-9-7-6-8-10-25)24-17-27(46-19-24)22-11-13-26(14-12-22)36-29(44)21-48-33-40-38-31(23-15-16-45-18-23)42(33)34(2,3)4/h5-19H,1,20-21H2,2-4H3,(H,35,43)(H,36,44). The van der Waals surface area contributed by atoms with Crippen molar-refractivity contribution >= 4 is 75.6 Å². The Bertz CT molecular complexity index is 2020. The zero-order valence-corrected chi connectivity index (χ0v) is 29.7. The minimum Gasteiger partial charge on any atom is -0.325 e. The van der Waals surface area contributed by atoms with E-state index in [2.05, 4.69) is 68.3 Å². The Morgan fingerprint density at radius 3 is 2.08 bits per heavy atom. The smallest absolute Gasteiger partial charge is 0.234 e. The summed E-state index contributed by atoms with van der Waals surface area (Å²) in [6, 6.07) is 21.1. The summed E-state index contributed by atoms with van der Waals surface area (Å²) in [5.74, 6) is 1.58. The third-order valence-corrected chi connectivity index (χ3v) is 10.5. The number of thioether (sulfide) groups is 2. The average molecular weight is 713 g/mol. The Balaban J connectivity index is 1.06. The van der Waals surface area contributed by atoms with Crippen LogP contribution in [0.3, 0.4) is 0 Å². The molecule has 2 N–H and O–H groups in total. The molecular formula is C34H32N8O2S4. The highest BCUT2D eigenvalue weighted by molar-refractivity contribution is 8.00. The molecule has 4 heterocycles. The molecule has 0 aliphatic rings. The Labute approximate surface area is 294 Å². The molecule has 0 unspecified atom stereocenters. The minimum absolute atomic E-state index is 0.123. The van der Waals surface area contributed by atoms with Gasteiger partial charge in [0.25, 0.3) is 0 Å². The first kappa shape index (κ1) is 33.4. The highest BCUT2D eigenvalue weighted by Crippen LogP contribution is 2.35. The highest BCUT2D eigenvalue weighted by atomic mass is 32.2. The van der Waals surface area contributed by atoms with Gasteiger partial charge in [-0.25, -0.2) is 0 Å². The van der Waals surface area contributed by atoms with Gasteiger partial charge < -0.3 is 10.6 Å². The van der Waals surface area contributed by atoms with Crippen molar-refractivity contribution < 1.29 is 9.59 Å². The molecule has 0 saturated heterocycles. The fourth-order valence-electron chi connectivity index (χ4n) is 4.78.